The van der Waals surface area contributed by atoms with Gasteiger partial charge >= 0.3 is 6.03 Å². The second-order valence-electron chi connectivity index (χ2n) is 8.13. The minimum atomic E-state index is 0.0517. The Labute approximate surface area is 166 Å². The zero-order valence-corrected chi connectivity index (χ0v) is 17.1. The van der Waals surface area contributed by atoms with E-state index in [1.54, 1.807) is 7.11 Å². The molecule has 2 aliphatic rings. The fraction of sp³-hybridized carbons (Fsp3) is 0.545. The van der Waals surface area contributed by atoms with Crippen LogP contribution in [0, 0.1) is 0 Å². The molecule has 0 spiro atoms. The van der Waals surface area contributed by atoms with Crippen molar-refractivity contribution < 1.29 is 9.53 Å². The Kier molecular flexibility index (Phi) is 5.29. The molecule has 2 amide bonds. The van der Waals surface area contributed by atoms with E-state index in [0.29, 0.717) is 6.04 Å². The fourth-order valence-corrected chi connectivity index (χ4v) is 4.49. The number of nitrogens with one attached hydrogen (secondary N) is 1. The van der Waals surface area contributed by atoms with Gasteiger partial charge in [0.15, 0.2) is 0 Å². The van der Waals surface area contributed by atoms with Gasteiger partial charge in [-0.15, -0.1) is 0 Å². The van der Waals surface area contributed by atoms with E-state index in [9.17, 15) is 4.79 Å². The molecule has 1 aromatic heterocycles. The Bertz CT molecular complexity index is 858. The molecule has 1 atom stereocenters. The topological polar surface area (TPSA) is 59.4 Å². The van der Waals surface area contributed by atoms with Crippen LogP contribution in [0.4, 0.5) is 4.79 Å². The highest BCUT2D eigenvalue weighted by atomic mass is 16.5. The number of carbonyl (C=O) groups excluding carboxylic acids is 1. The van der Waals surface area contributed by atoms with Crippen molar-refractivity contribution in [3.63, 3.8) is 0 Å². The predicted octanol–water partition coefficient (Wildman–Crippen LogP) is 3.14. The smallest absolute Gasteiger partial charge is 0.317 e. The van der Waals surface area contributed by atoms with Gasteiger partial charge in [-0.25, -0.2) is 4.79 Å². The van der Waals surface area contributed by atoms with E-state index in [0.717, 1.165) is 50.9 Å². The first-order valence-corrected chi connectivity index (χ1v) is 10.3. The molecule has 150 valence electrons. The van der Waals surface area contributed by atoms with Gasteiger partial charge in [-0.05, 0) is 62.3 Å². The number of hydrogen-bond donors (Lipinski definition) is 1. The van der Waals surface area contributed by atoms with E-state index in [1.807, 2.05) is 23.2 Å². The third-order valence-electron chi connectivity index (χ3n) is 6.02. The van der Waals surface area contributed by atoms with Gasteiger partial charge in [-0.2, -0.15) is 5.10 Å². The lowest BCUT2D eigenvalue weighted by Gasteiger charge is -2.28. The maximum atomic E-state index is 13.0. The summed E-state index contributed by atoms with van der Waals surface area (Å²) in [4.78, 5) is 14.9. The highest BCUT2D eigenvalue weighted by molar-refractivity contribution is 5.75. The minimum absolute atomic E-state index is 0.0517. The Morgan fingerprint density at radius 2 is 2.04 bits per heavy atom. The number of nitrogens with zero attached hydrogens (tertiary/aromatic N) is 3. The minimum Gasteiger partial charge on any atom is -0.496 e. The lowest BCUT2D eigenvalue weighted by molar-refractivity contribution is 0.194. The Balaban J connectivity index is 1.40. The van der Waals surface area contributed by atoms with Crippen LogP contribution in [0.15, 0.2) is 24.4 Å². The summed E-state index contributed by atoms with van der Waals surface area (Å²) in [5.74, 6) is 0.932. The molecule has 1 aliphatic heterocycles. The summed E-state index contributed by atoms with van der Waals surface area (Å²) in [6.07, 6.45) is 6.52. The summed E-state index contributed by atoms with van der Waals surface area (Å²) in [6.45, 7) is 5.77. The summed E-state index contributed by atoms with van der Waals surface area (Å²) in [6, 6.07) is 6.76. The quantitative estimate of drug-likeness (QED) is 0.887. The summed E-state index contributed by atoms with van der Waals surface area (Å²) < 4.78 is 7.61. The molecule has 6 nitrogen and oxygen atoms in total. The third kappa shape index (κ3) is 3.60. The zero-order chi connectivity index (χ0) is 19.7. The van der Waals surface area contributed by atoms with Crippen LogP contribution < -0.4 is 10.1 Å². The van der Waals surface area contributed by atoms with Crippen molar-refractivity contribution >= 4 is 6.03 Å². The van der Waals surface area contributed by atoms with Crippen LogP contribution in [0.1, 0.15) is 48.7 Å². The van der Waals surface area contributed by atoms with Crippen molar-refractivity contribution in [2.75, 3.05) is 20.2 Å². The van der Waals surface area contributed by atoms with Crippen LogP contribution in [-0.4, -0.2) is 47.0 Å². The van der Waals surface area contributed by atoms with Crippen molar-refractivity contribution in [2.45, 2.75) is 58.0 Å². The second-order valence-corrected chi connectivity index (χ2v) is 8.13. The molecule has 4 rings (SSSR count). The molecule has 0 bridgehead atoms. The van der Waals surface area contributed by atoms with Crippen LogP contribution in [-0.2, 0) is 25.7 Å². The van der Waals surface area contributed by atoms with Crippen molar-refractivity contribution in [1.29, 1.82) is 0 Å². The van der Waals surface area contributed by atoms with Crippen LogP contribution in [0.2, 0.25) is 0 Å². The third-order valence-corrected chi connectivity index (χ3v) is 6.02. The van der Waals surface area contributed by atoms with E-state index in [2.05, 4.69) is 35.0 Å². The lowest BCUT2D eigenvalue weighted by atomic mass is 9.93. The number of carbonyl (C=O) groups is 1. The standard InChI is InChI=1S/C22H30N4O2/c1-15(2)26-20-13-18(8-7-17(20)14-23-26)24-22(27)25-11-9-16-5-4-6-21(28-3)19(16)10-12-25/h4-6,14-15,18H,7-13H2,1-3H3,(H,24,27). The molecule has 0 fully saturated rings. The number of benzene rings is 1. The highest BCUT2D eigenvalue weighted by Gasteiger charge is 2.27. The van der Waals surface area contributed by atoms with Crippen molar-refractivity contribution in [1.82, 2.24) is 20.0 Å². The molecule has 6 heteroatoms. The lowest BCUT2D eigenvalue weighted by Crippen LogP contribution is -2.47. The number of hydrogen-bond acceptors (Lipinski definition) is 3. The van der Waals surface area contributed by atoms with E-state index in [1.165, 1.54) is 22.4 Å². The number of fused-ring (bicyclic) bond motifs is 2. The molecule has 0 saturated heterocycles. The molecule has 2 heterocycles. The monoisotopic (exact) mass is 382 g/mol. The number of aromatic nitrogens is 2. The number of amides is 2. The molecule has 1 unspecified atom stereocenters. The largest absolute Gasteiger partial charge is 0.496 e. The number of urea groups is 1. The van der Waals surface area contributed by atoms with Gasteiger partial charge in [0.05, 0.1) is 13.3 Å². The number of methoxy groups -OCH3 is 1. The SMILES string of the molecule is COc1cccc2c1CCN(C(=O)NC1CCc3cnn(C(C)C)c3C1)CC2. The van der Waals surface area contributed by atoms with Crippen molar-refractivity contribution in [3.05, 3.63) is 46.8 Å². The Morgan fingerprint density at radius 1 is 1.21 bits per heavy atom. The first-order chi connectivity index (χ1) is 13.6. The average molecular weight is 383 g/mol. The molecular formula is C22H30N4O2. The van der Waals surface area contributed by atoms with Gasteiger partial charge in [0.25, 0.3) is 0 Å². The zero-order valence-electron chi connectivity index (χ0n) is 17.1. The van der Waals surface area contributed by atoms with Crippen molar-refractivity contribution in [3.8, 4) is 5.75 Å². The first-order valence-electron chi connectivity index (χ1n) is 10.3. The number of rotatable bonds is 3. The first kappa shape index (κ1) is 18.8. The van der Waals surface area contributed by atoms with Crippen LogP contribution in [0.5, 0.6) is 5.75 Å². The van der Waals surface area contributed by atoms with Crippen LogP contribution >= 0.6 is 0 Å². The molecule has 2 aromatic rings. The maximum Gasteiger partial charge on any atom is 0.317 e. The maximum absolute atomic E-state index is 13.0. The van der Waals surface area contributed by atoms with E-state index in [4.69, 9.17) is 4.74 Å². The fourth-order valence-electron chi connectivity index (χ4n) is 4.49. The van der Waals surface area contributed by atoms with Gasteiger partial charge in [-0.3, -0.25) is 4.68 Å². The van der Waals surface area contributed by atoms with Crippen LogP contribution in [0.25, 0.3) is 0 Å². The van der Waals surface area contributed by atoms with Crippen LogP contribution in [0.3, 0.4) is 0 Å². The van der Waals surface area contributed by atoms with Gasteiger partial charge in [0, 0.05) is 37.3 Å². The van der Waals surface area contributed by atoms with E-state index in [-0.39, 0.29) is 12.1 Å². The van der Waals surface area contributed by atoms with Gasteiger partial charge in [0.2, 0.25) is 0 Å². The molecule has 0 radical (unpaired) electrons. The van der Waals surface area contributed by atoms with Gasteiger partial charge in [-0.1, -0.05) is 12.1 Å². The molecule has 1 aliphatic carbocycles. The summed E-state index contributed by atoms with van der Waals surface area (Å²) >= 11 is 0. The Morgan fingerprint density at radius 3 is 2.82 bits per heavy atom. The predicted molar refractivity (Wildman–Crippen MR) is 109 cm³/mol. The normalized spacial score (nSPS) is 19.0. The molecular weight excluding hydrogens is 352 g/mol. The molecule has 0 saturated carbocycles. The average Bonchev–Trinajstić information content (AvgIpc) is 2.98. The molecule has 1 aromatic carbocycles. The molecule has 28 heavy (non-hydrogen) atoms. The summed E-state index contributed by atoms with van der Waals surface area (Å²) in [5, 5.41) is 7.82. The molecule has 1 N–H and O–H groups in total. The number of aryl methyl sites for hydroxylation is 1. The summed E-state index contributed by atoms with van der Waals surface area (Å²) in [5.41, 5.74) is 5.14. The van der Waals surface area contributed by atoms with E-state index >= 15 is 0 Å². The second kappa shape index (κ2) is 7.86. The van der Waals surface area contributed by atoms with Gasteiger partial charge < -0.3 is 15.0 Å². The van der Waals surface area contributed by atoms with Crippen molar-refractivity contribution in [2.24, 2.45) is 0 Å². The van der Waals surface area contributed by atoms with E-state index < -0.39 is 0 Å². The Hall–Kier alpha value is -2.50. The summed E-state index contributed by atoms with van der Waals surface area (Å²) in [7, 11) is 1.71. The number of ether oxygens (including phenoxy) is 1. The highest BCUT2D eigenvalue weighted by Crippen LogP contribution is 2.27. The van der Waals surface area contributed by atoms with Gasteiger partial charge in [0.1, 0.15) is 5.75 Å².